The maximum Gasteiger partial charge on any atom is 0.0658 e. The zero-order chi connectivity index (χ0) is 8.31. The summed E-state index contributed by atoms with van der Waals surface area (Å²) in [5.41, 5.74) is 6.84. The molecule has 0 saturated carbocycles. The van der Waals surface area contributed by atoms with E-state index >= 15 is 0 Å². The smallest absolute Gasteiger partial charge is 0.0658 e. The molecule has 0 spiro atoms. The van der Waals surface area contributed by atoms with Gasteiger partial charge in [-0.1, -0.05) is 11.1 Å². The van der Waals surface area contributed by atoms with Crippen LogP contribution in [0.15, 0.2) is 11.1 Å². The van der Waals surface area contributed by atoms with E-state index in [2.05, 4.69) is 0 Å². The fraction of sp³-hybridized carbons (Fsp3) is 0.571. The molecule has 0 aromatic heterocycles. The van der Waals surface area contributed by atoms with Crippen LogP contribution in [0.3, 0.4) is 0 Å². The highest BCUT2D eigenvalue weighted by molar-refractivity contribution is 5.75. The summed E-state index contributed by atoms with van der Waals surface area (Å²) < 4.78 is 0. The third-order valence-corrected chi connectivity index (χ3v) is 1.51. The van der Waals surface area contributed by atoms with Crippen molar-refractivity contribution in [2.45, 2.75) is 26.8 Å². The fourth-order valence-electron chi connectivity index (χ4n) is 0.488. The minimum atomic E-state index is -1.22. The van der Waals surface area contributed by atoms with Crippen LogP contribution in [-0.2, 0) is 4.79 Å². The first kappa shape index (κ1) is 9.17. The topological polar surface area (TPSA) is 66.2 Å². The van der Waals surface area contributed by atoms with Gasteiger partial charge in [-0.25, -0.2) is 0 Å². The van der Waals surface area contributed by atoms with Crippen molar-refractivity contribution in [2.75, 3.05) is 0 Å². The second-order valence-corrected chi connectivity index (χ2v) is 2.48. The van der Waals surface area contributed by atoms with E-state index in [9.17, 15) is 9.90 Å². The summed E-state index contributed by atoms with van der Waals surface area (Å²) in [5, 5.41) is 10.2. The van der Waals surface area contributed by atoms with Gasteiger partial charge in [0.05, 0.1) is 12.0 Å². The van der Waals surface area contributed by atoms with Crippen LogP contribution in [0, 0.1) is 0 Å². The number of nitrogens with two attached hydrogens (primary N) is 1. The molecule has 0 bridgehead atoms. The molecule has 0 amide bonds. The lowest BCUT2D eigenvalue weighted by molar-refractivity contribution is -0.306. The lowest BCUT2D eigenvalue weighted by atomic mass is 10.1. The molecule has 0 rings (SSSR count). The number of hydrogen-bond acceptors (Lipinski definition) is 3. The zero-order valence-corrected chi connectivity index (χ0v) is 6.47. The molecule has 0 radical (unpaired) electrons. The van der Waals surface area contributed by atoms with Gasteiger partial charge in [0, 0.05) is 0 Å². The predicted molar refractivity (Wildman–Crippen MR) is 37.0 cm³/mol. The van der Waals surface area contributed by atoms with E-state index in [4.69, 9.17) is 5.73 Å². The Morgan fingerprint density at radius 2 is 1.80 bits per heavy atom. The third-order valence-electron chi connectivity index (χ3n) is 1.51. The van der Waals surface area contributed by atoms with E-state index in [1.807, 2.05) is 13.8 Å². The second-order valence-electron chi connectivity index (χ2n) is 2.48. The Morgan fingerprint density at radius 3 is 1.90 bits per heavy atom. The van der Waals surface area contributed by atoms with E-state index in [-0.39, 0.29) is 0 Å². The molecule has 0 aromatic carbocycles. The Kier molecular flexibility index (Phi) is 3.09. The molecule has 2 N–H and O–H groups in total. The van der Waals surface area contributed by atoms with E-state index in [1.54, 1.807) is 6.92 Å². The average Bonchev–Trinajstić information content (AvgIpc) is 1.84. The number of carbonyl (C=O) groups excluding carboxylic acids is 1. The highest BCUT2D eigenvalue weighted by Crippen LogP contribution is 2.04. The SMILES string of the molecule is CC(C)=C(C)[C@H](N)C(=O)[O-]. The zero-order valence-electron chi connectivity index (χ0n) is 6.47. The van der Waals surface area contributed by atoms with Crippen molar-refractivity contribution in [2.24, 2.45) is 5.73 Å². The van der Waals surface area contributed by atoms with Gasteiger partial charge in [-0.3, -0.25) is 0 Å². The average molecular weight is 142 g/mol. The fourth-order valence-corrected chi connectivity index (χ4v) is 0.488. The molecule has 0 saturated heterocycles. The van der Waals surface area contributed by atoms with Crippen LogP contribution in [-0.4, -0.2) is 12.0 Å². The molecule has 0 aliphatic carbocycles. The van der Waals surface area contributed by atoms with Gasteiger partial charge in [0.1, 0.15) is 0 Å². The molecule has 0 aromatic rings. The van der Waals surface area contributed by atoms with Crippen molar-refractivity contribution in [1.82, 2.24) is 0 Å². The van der Waals surface area contributed by atoms with Gasteiger partial charge in [0.2, 0.25) is 0 Å². The van der Waals surface area contributed by atoms with Crippen molar-refractivity contribution in [3.8, 4) is 0 Å². The van der Waals surface area contributed by atoms with Gasteiger partial charge >= 0.3 is 0 Å². The summed E-state index contributed by atoms with van der Waals surface area (Å²) >= 11 is 0. The first-order valence-corrected chi connectivity index (χ1v) is 3.07. The highest BCUT2D eigenvalue weighted by Gasteiger charge is 2.05. The van der Waals surface area contributed by atoms with Gasteiger partial charge in [-0.15, -0.1) is 0 Å². The van der Waals surface area contributed by atoms with Gasteiger partial charge < -0.3 is 15.6 Å². The lowest BCUT2D eigenvalue weighted by Crippen LogP contribution is -2.42. The maximum atomic E-state index is 10.2. The molecule has 0 fully saturated rings. The Balaban J connectivity index is 4.37. The molecular formula is C7H12NO2-. The molecule has 0 aliphatic heterocycles. The monoisotopic (exact) mass is 142 g/mol. The molecule has 0 heterocycles. The van der Waals surface area contributed by atoms with Crippen molar-refractivity contribution in [3.63, 3.8) is 0 Å². The molecule has 10 heavy (non-hydrogen) atoms. The largest absolute Gasteiger partial charge is 0.548 e. The van der Waals surface area contributed by atoms with Crippen LogP contribution in [0.5, 0.6) is 0 Å². The van der Waals surface area contributed by atoms with E-state index in [0.29, 0.717) is 5.57 Å². The Bertz CT molecular complexity index is 168. The van der Waals surface area contributed by atoms with Crippen molar-refractivity contribution in [1.29, 1.82) is 0 Å². The number of carboxylic acids is 1. The van der Waals surface area contributed by atoms with E-state index < -0.39 is 12.0 Å². The normalized spacial score (nSPS) is 12.4. The van der Waals surface area contributed by atoms with Crippen molar-refractivity contribution >= 4 is 5.97 Å². The summed E-state index contributed by atoms with van der Waals surface area (Å²) in [6.45, 7) is 5.33. The molecule has 0 aliphatic rings. The third kappa shape index (κ3) is 2.19. The van der Waals surface area contributed by atoms with Gasteiger partial charge in [-0.05, 0) is 20.8 Å². The molecule has 58 valence electrons. The number of hydrogen-bond donors (Lipinski definition) is 1. The summed E-state index contributed by atoms with van der Waals surface area (Å²) in [6, 6.07) is -0.954. The maximum absolute atomic E-state index is 10.2. The summed E-state index contributed by atoms with van der Waals surface area (Å²) in [5.74, 6) is -1.22. The minimum absolute atomic E-state index is 0.667. The molecule has 0 unspecified atom stereocenters. The van der Waals surface area contributed by atoms with Crippen LogP contribution < -0.4 is 10.8 Å². The van der Waals surface area contributed by atoms with Crippen LogP contribution >= 0.6 is 0 Å². The molecular weight excluding hydrogens is 130 g/mol. The first-order valence-electron chi connectivity index (χ1n) is 3.07. The predicted octanol–water partition coefficient (Wildman–Crippen LogP) is -0.580. The van der Waals surface area contributed by atoms with Crippen LogP contribution in [0.4, 0.5) is 0 Å². The Labute approximate surface area is 60.5 Å². The number of rotatable bonds is 2. The number of carbonyl (C=O) groups is 1. The van der Waals surface area contributed by atoms with E-state index in [1.165, 1.54) is 0 Å². The van der Waals surface area contributed by atoms with Crippen LogP contribution in [0.25, 0.3) is 0 Å². The Hall–Kier alpha value is -0.830. The van der Waals surface area contributed by atoms with Gasteiger partial charge in [-0.2, -0.15) is 0 Å². The minimum Gasteiger partial charge on any atom is -0.548 e. The number of carboxylic acid groups (broad SMARTS) is 1. The van der Waals surface area contributed by atoms with Crippen LogP contribution in [0.2, 0.25) is 0 Å². The van der Waals surface area contributed by atoms with Gasteiger partial charge in [0.25, 0.3) is 0 Å². The second kappa shape index (κ2) is 3.37. The van der Waals surface area contributed by atoms with Crippen molar-refractivity contribution < 1.29 is 9.90 Å². The summed E-state index contributed by atoms with van der Waals surface area (Å²) in [7, 11) is 0. The van der Waals surface area contributed by atoms with E-state index in [0.717, 1.165) is 5.57 Å². The Morgan fingerprint density at radius 1 is 1.40 bits per heavy atom. The lowest BCUT2D eigenvalue weighted by Gasteiger charge is -2.14. The molecule has 3 nitrogen and oxygen atoms in total. The molecule has 1 atom stereocenters. The number of aliphatic carboxylic acids is 1. The summed E-state index contributed by atoms with van der Waals surface area (Å²) in [4.78, 5) is 10.2. The summed E-state index contributed by atoms with van der Waals surface area (Å²) in [6.07, 6.45) is 0. The quantitative estimate of drug-likeness (QED) is 0.524. The number of allylic oxidation sites excluding steroid dienone is 1. The van der Waals surface area contributed by atoms with Crippen LogP contribution in [0.1, 0.15) is 20.8 Å². The molecule has 3 heteroatoms. The standard InChI is InChI=1S/C7H13NO2/c1-4(2)5(3)6(8)7(9)10/h6H,8H2,1-3H3,(H,9,10)/p-1/t6-/m0/s1. The highest BCUT2D eigenvalue weighted by atomic mass is 16.4. The first-order chi connectivity index (χ1) is 4.46. The van der Waals surface area contributed by atoms with Gasteiger partial charge in [0.15, 0.2) is 0 Å². The van der Waals surface area contributed by atoms with Crippen molar-refractivity contribution in [3.05, 3.63) is 11.1 Å².